The van der Waals surface area contributed by atoms with Crippen molar-refractivity contribution in [2.45, 2.75) is 20.0 Å². The van der Waals surface area contributed by atoms with Crippen LogP contribution in [0.2, 0.25) is 0 Å². The summed E-state index contributed by atoms with van der Waals surface area (Å²) < 4.78 is 42.3. The molecule has 0 aliphatic rings. The Labute approximate surface area is 148 Å². The number of hydrogen-bond acceptors (Lipinski definition) is 6. The second-order valence-electron chi connectivity index (χ2n) is 5.15. The van der Waals surface area contributed by atoms with E-state index < -0.39 is 17.6 Å². The summed E-state index contributed by atoms with van der Waals surface area (Å²) in [6, 6.07) is 5.02. The molecule has 2 aromatic heterocycles. The summed E-state index contributed by atoms with van der Waals surface area (Å²) in [6.45, 7) is 3.35. The molecule has 0 saturated carbocycles. The Morgan fingerprint density at radius 2 is 1.96 bits per heavy atom. The number of rotatable bonds is 3. The predicted molar refractivity (Wildman–Crippen MR) is 89.9 cm³/mol. The molecule has 130 valence electrons. The van der Waals surface area contributed by atoms with Gasteiger partial charge in [0.05, 0.1) is 21.8 Å². The maximum absolute atomic E-state index is 12.9. The Balaban J connectivity index is 1.88. The van der Waals surface area contributed by atoms with Crippen LogP contribution >= 0.6 is 22.9 Å². The average Bonchev–Trinajstić information content (AvgIpc) is 3.12. The molecule has 3 rings (SSSR count). The van der Waals surface area contributed by atoms with Crippen molar-refractivity contribution in [2.75, 3.05) is 5.32 Å². The number of nitrogens with one attached hydrogen (secondary N) is 1. The average molecular weight is 384 g/mol. The molecule has 2 heterocycles. The highest BCUT2D eigenvalue weighted by Gasteiger charge is 2.30. The fraction of sp³-hybridized carbons (Fsp3) is 0.200. The van der Waals surface area contributed by atoms with Crippen LogP contribution in [0.5, 0.6) is 0 Å². The minimum atomic E-state index is -4.41. The van der Waals surface area contributed by atoms with Gasteiger partial charge in [-0.15, -0.1) is 5.10 Å². The van der Waals surface area contributed by atoms with Crippen LogP contribution in [0, 0.1) is 13.8 Å². The van der Waals surface area contributed by atoms with Gasteiger partial charge in [0.1, 0.15) is 4.88 Å². The lowest BCUT2D eigenvalue weighted by atomic mass is 10.1. The quantitative estimate of drug-likeness (QED) is 0.719. The Kier molecular flexibility index (Phi) is 4.56. The van der Waals surface area contributed by atoms with Gasteiger partial charge in [-0.1, -0.05) is 28.0 Å². The molecule has 0 radical (unpaired) electrons. The van der Waals surface area contributed by atoms with Gasteiger partial charge in [-0.05, 0) is 43.1 Å². The zero-order valence-electron chi connectivity index (χ0n) is 13.0. The van der Waals surface area contributed by atoms with Gasteiger partial charge in [-0.2, -0.15) is 13.2 Å². The summed E-state index contributed by atoms with van der Waals surface area (Å²) in [7, 11) is 0. The summed E-state index contributed by atoms with van der Waals surface area (Å²) in [5.74, 6) is -0.392. The van der Waals surface area contributed by atoms with Crippen molar-refractivity contribution in [1.82, 2.24) is 14.6 Å². The molecule has 0 aliphatic heterocycles. The largest absolute Gasteiger partial charge is 0.416 e. The van der Waals surface area contributed by atoms with Crippen molar-refractivity contribution < 1.29 is 18.0 Å². The summed E-state index contributed by atoms with van der Waals surface area (Å²) >= 11 is 2.08. The smallest absolute Gasteiger partial charge is 0.297 e. The fourth-order valence-electron chi connectivity index (χ4n) is 2.15. The van der Waals surface area contributed by atoms with Crippen molar-refractivity contribution in [2.24, 2.45) is 0 Å². The normalized spacial score (nSPS) is 11.6. The van der Waals surface area contributed by atoms with E-state index in [0.29, 0.717) is 31.8 Å². The van der Waals surface area contributed by atoms with E-state index in [1.807, 2.05) is 0 Å². The number of hydrogen-bond donors (Lipinski definition) is 1. The number of anilines is 1. The van der Waals surface area contributed by atoms with Crippen molar-refractivity contribution in [3.63, 3.8) is 0 Å². The number of aryl methyl sites for hydroxylation is 2. The number of amides is 1. The Morgan fingerprint density at radius 1 is 1.20 bits per heavy atom. The molecule has 0 fully saturated rings. The standard InChI is InChI=1S/C15H11F3N4OS2/c1-7-11(9-4-3-5-10(6-9)15(16,17)18)24-14(19-7)20-13(23)12-8(2)21-22-25-12/h3-6H,1-2H3,(H,19,20,23). The number of thiazole rings is 1. The molecule has 1 amide bonds. The van der Waals surface area contributed by atoms with Crippen LogP contribution in [0.3, 0.4) is 0 Å². The second-order valence-corrected chi connectivity index (χ2v) is 6.91. The number of carbonyl (C=O) groups excluding carboxylic acids is 1. The molecule has 0 unspecified atom stereocenters. The van der Waals surface area contributed by atoms with E-state index in [0.717, 1.165) is 35.0 Å². The molecule has 0 aliphatic carbocycles. The third-order valence-corrected chi connectivity index (χ3v) is 5.28. The maximum atomic E-state index is 12.9. The highest BCUT2D eigenvalue weighted by atomic mass is 32.1. The summed E-state index contributed by atoms with van der Waals surface area (Å²) in [4.78, 5) is 17.3. The summed E-state index contributed by atoms with van der Waals surface area (Å²) in [5.41, 5.74) is 0.725. The topological polar surface area (TPSA) is 67.8 Å². The monoisotopic (exact) mass is 384 g/mol. The van der Waals surface area contributed by atoms with Crippen LogP contribution in [0.4, 0.5) is 18.3 Å². The number of benzene rings is 1. The van der Waals surface area contributed by atoms with Gasteiger partial charge in [-0.3, -0.25) is 10.1 Å². The zero-order chi connectivity index (χ0) is 18.2. The molecular formula is C15H11F3N4OS2. The molecule has 5 nitrogen and oxygen atoms in total. The lowest BCUT2D eigenvalue weighted by molar-refractivity contribution is -0.137. The molecule has 3 aromatic rings. The van der Waals surface area contributed by atoms with E-state index in [9.17, 15) is 18.0 Å². The van der Waals surface area contributed by atoms with E-state index in [4.69, 9.17) is 0 Å². The van der Waals surface area contributed by atoms with Crippen LogP contribution in [0.1, 0.15) is 26.6 Å². The van der Waals surface area contributed by atoms with Gasteiger partial charge >= 0.3 is 6.18 Å². The van der Waals surface area contributed by atoms with Crippen LogP contribution in [-0.4, -0.2) is 20.5 Å². The van der Waals surface area contributed by atoms with E-state index in [1.165, 1.54) is 6.07 Å². The van der Waals surface area contributed by atoms with E-state index in [1.54, 1.807) is 19.9 Å². The number of halogens is 3. The summed E-state index contributed by atoms with van der Waals surface area (Å²) in [6.07, 6.45) is -4.41. The number of carbonyl (C=O) groups is 1. The first-order chi connectivity index (χ1) is 11.8. The van der Waals surface area contributed by atoms with Crippen LogP contribution < -0.4 is 5.32 Å². The van der Waals surface area contributed by atoms with Crippen LogP contribution in [0.15, 0.2) is 24.3 Å². The molecular weight excluding hydrogens is 373 g/mol. The molecule has 0 saturated heterocycles. The Hall–Kier alpha value is -2.33. The first-order valence-electron chi connectivity index (χ1n) is 7.01. The van der Waals surface area contributed by atoms with Gasteiger partial charge < -0.3 is 0 Å². The third kappa shape index (κ3) is 3.69. The van der Waals surface area contributed by atoms with E-state index >= 15 is 0 Å². The molecule has 1 aromatic carbocycles. The first-order valence-corrected chi connectivity index (χ1v) is 8.60. The van der Waals surface area contributed by atoms with Crippen LogP contribution in [0.25, 0.3) is 10.4 Å². The summed E-state index contributed by atoms with van der Waals surface area (Å²) in [5, 5.41) is 6.71. The lowest BCUT2D eigenvalue weighted by Gasteiger charge is -2.07. The SMILES string of the molecule is Cc1nnsc1C(=O)Nc1nc(C)c(-c2cccc(C(F)(F)F)c2)s1. The van der Waals surface area contributed by atoms with E-state index in [-0.39, 0.29) is 0 Å². The first kappa shape index (κ1) is 17.5. The number of alkyl halides is 3. The fourth-order valence-corrected chi connectivity index (χ4v) is 3.66. The van der Waals surface area contributed by atoms with Crippen molar-refractivity contribution >= 4 is 33.9 Å². The van der Waals surface area contributed by atoms with Gasteiger partial charge in [0.15, 0.2) is 5.13 Å². The van der Waals surface area contributed by atoms with Gasteiger partial charge in [0, 0.05) is 0 Å². The van der Waals surface area contributed by atoms with Gasteiger partial charge in [0.2, 0.25) is 0 Å². The molecule has 0 spiro atoms. The van der Waals surface area contributed by atoms with Gasteiger partial charge in [0.25, 0.3) is 5.91 Å². The minimum absolute atomic E-state index is 0.308. The highest BCUT2D eigenvalue weighted by Crippen LogP contribution is 2.36. The van der Waals surface area contributed by atoms with Crippen molar-refractivity contribution in [1.29, 1.82) is 0 Å². The van der Waals surface area contributed by atoms with E-state index in [2.05, 4.69) is 19.9 Å². The van der Waals surface area contributed by atoms with Crippen LogP contribution in [-0.2, 0) is 6.18 Å². The van der Waals surface area contributed by atoms with Crippen molar-refractivity contribution in [3.8, 4) is 10.4 Å². The minimum Gasteiger partial charge on any atom is -0.297 e. The lowest BCUT2D eigenvalue weighted by Crippen LogP contribution is -2.11. The number of nitrogens with zero attached hydrogens (tertiary/aromatic N) is 3. The van der Waals surface area contributed by atoms with Crippen molar-refractivity contribution in [3.05, 3.63) is 46.1 Å². The zero-order valence-corrected chi connectivity index (χ0v) is 14.6. The number of aromatic nitrogens is 3. The highest BCUT2D eigenvalue weighted by molar-refractivity contribution is 7.19. The molecule has 0 bridgehead atoms. The molecule has 1 N–H and O–H groups in total. The second kappa shape index (κ2) is 6.52. The molecule has 0 atom stereocenters. The predicted octanol–water partition coefficient (Wildman–Crippen LogP) is 4.55. The molecule has 25 heavy (non-hydrogen) atoms. The van der Waals surface area contributed by atoms with Gasteiger partial charge in [-0.25, -0.2) is 4.98 Å². The third-order valence-electron chi connectivity index (χ3n) is 3.33. The molecule has 10 heteroatoms. The Bertz CT molecular complexity index is 933. The maximum Gasteiger partial charge on any atom is 0.416 e. The Morgan fingerprint density at radius 3 is 2.60 bits per heavy atom.